The molecule has 1 aliphatic rings. The van der Waals surface area contributed by atoms with Crippen LogP contribution in [0.15, 0.2) is 60.7 Å². The van der Waals surface area contributed by atoms with Crippen molar-refractivity contribution in [2.75, 3.05) is 18.8 Å². The van der Waals surface area contributed by atoms with E-state index in [1.807, 2.05) is 6.07 Å². The summed E-state index contributed by atoms with van der Waals surface area (Å²) in [4.78, 5) is 37.2. The van der Waals surface area contributed by atoms with Crippen LogP contribution >= 0.6 is 0 Å². The highest BCUT2D eigenvalue weighted by Gasteiger charge is 2.19. The van der Waals surface area contributed by atoms with Gasteiger partial charge in [-0.3, -0.25) is 19.7 Å². The zero-order chi connectivity index (χ0) is 23.4. The predicted octanol–water partition coefficient (Wildman–Crippen LogP) is 3.66. The fraction of sp³-hybridized carbons (Fsp3) is 0.160. The zero-order valence-corrected chi connectivity index (χ0v) is 18.2. The van der Waals surface area contributed by atoms with Crippen molar-refractivity contribution in [3.8, 4) is 11.5 Å². The molecule has 0 spiro atoms. The van der Waals surface area contributed by atoms with Crippen LogP contribution in [0.3, 0.4) is 0 Å². The van der Waals surface area contributed by atoms with Gasteiger partial charge in [-0.2, -0.15) is 0 Å². The molecule has 0 unspecified atom stereocenters. The van der Waals surface area contributed by atoms with E-state index in [-0.39, 0.29) is 18.5 Å². The Balaban J connectivity index is 1.36. The second-order valence-corrected chi connectivity index (χ2v) is 7.40. The van der Waals surface area contributed by atoms with E-state index in [0.29, 0.717) is 34.0 Å². The van der Waals surface area contributed by atoms with Crippen molar-refractivity contribution in [3.05, 3.63) is 88.8 Å². The first-order valence-corrected chi connectivity index (χ1v) is 10.3. The Labute approximate surface area is 190 Å². The number of carbonyl (C=O) groups is 3. The van der Waals surface area contributed by atoms with Crippen molar-refractivity contribution in [3.63, 3.8) is 0 Å². The Morgan fingerprint density at radius 3 is 2.58 bits per heavy atom. The summed E-state index contributed by atoms with van der Waals surface area (Å²) in [6, 6.07) is 15.7. The first-order chi connectivity index (χ1) is 15.9. The van der Waals surface area contributed by atoms with Gasteiger partial charge in [0, 0.05) is 28.6 Å². The molecule has 1 aromatic heterocycles. The summed E-state index contributed by atoms with van der Waals surface area (Å²) in [5, 5.41) is 0. The lowest BCUT2D eigenvalue weighted by molar-refractivity contribution is -0.136. The van der Waals surface area contributed by atoms with Gasteiger partial charge in [0.25, 0.3) is 5.91 Å². The summed E-state index contributed by atoms with van der Waals surface area (Å²) >= 11 is 0. The third-order valence-electron chi connectivity index (χ3n) is 5.13. The average Bonchev–Trinajstić information content (AvgIpc) is 3.41. The number of benzene rings is 2. The number of nitrogens with one attached hydrogen (secondary N) is 1. The maximum absolute atomic E-state index is 12.6. The highest BCUT2D eigenvalue weighted by molar-refractivity contribution is 6.02. The SMILES string of the molecule is Cc1cc(C(=O)COC(=O)/C=C/c2ccc3c(c2)OCO3)c(C)n1NC(=O)c1ccccc1. The third kappa shape index (κ3) is 4.95. The summed E-state index contributed by atoms with van der Waals surface area (Å²) < 4.78 is 17.2. The van der Waals surface area contributed by atoms with Crippen LogP contribution in [0.1, 0.15) is 37.7 Å². The Kier molecular flexibility index (Phi) is 6.26. The molecule has 8 nitrogen and oxygen atoms in total. The van der Waals surface area contributed by atoms with Gasteiger partial charge in [-0.05, 0) is 55.8 Å². The monoisotopic (exact) mass is 446 g/mol. The molecule has 33 heavy (non-hydrogen) atoms. The van der Waals surface area contributed by atoms with E-state index in [0.717, 1.165) is 5.56 Å². The Bertz CT molecular complexity index is 1240. The number of carbonyl (C=O) groups excluding carboxylic acids is 3. The molecule has 0 fully saturated rings. The van der Waals surface area contributed by atoms with E-state index in [2.05, 4.69) is 5.43 Å². The van der Waals surface area contributed by atoms with Gasteiger partial charge in [-0.25, -0.2) is 4.79 Å². The van der Waals surface area contributed by atoms with Gasteiger partial charge in [-0.15, -0.1) is 0 Å². The Morgan fingerprint density at radius 1 is 1.03 bits per heavy atom. The number of aryl methyl sites for hydroxylation is 1. The topological polar surface area (TPSA) is 95.9 Å². The van der Waals surface area contributed by atoms with Gasteiger partial charge in [0.15, 0.2) is 18.1 Å². The predicted molar refractivity (Wildman–Crippen MR) is 121 cm³/mol. The highest BCUT2D eigenvalue weighted by atomic mass is 16.7. The van der Waals surface area contributed by atoms with Crippen LogP contribution in [0.25, 0.3) is 6.08 Å². The van der Waals surface area contributed by atoms with Crippen LogP contribution in [0, 0.1) is 13.8 Å². The molecular formula is C25H22N2O6. The summed E-state index contributed by atoms with van der Waals surface area (Å²) in [5.74, 6) is -0.0508. The second-order valence-electron chi connectivity index (χ2n) is 7.40. The van der Waals surface area contributed by atoms with Crippen LogP contribution < -0.4 is 14.9 Å². The molecule has 1 aliphatic heterocycles. The number of hydrogen-bond donors (Lipinski definition) is 1. The third-order valence-corrected chi connectivity index (χ3v) is 5.13. The number of rotatable bonds is 7. The van der Waals surface area contributed by atoms with Gasteiger partial charge in [0.2, 0.25) is 12.6 Å². The van der Waals surface area contributed by atoms with Gasteiger partial charge in [0.05, 0.1) is 0 Å². The van der Waals surface area contributed by atoms with Crippen molar-refractivity contribution in [2.24, 2.45) is 0 Å². The fourth-order valence-electron chi connectivity index (χ4n) is 3.42. The van der Waals surface area contributed by atoms with E-state index < -0.39 is 12.6 Å². The lowest BCUT2D eigenvalue weighted by atomic mass is 10.1. The number of Topliss-reactive ketones (excluding diaryl/α,β-unsaturated/α-hetero) is 1. The van der Waals surface area contributed by atoms with Crippen LogP contribution in [-0.4, -0.2) is 35.7 Å². The number of fused-ring (bicyclic) bond motifs is 1. The quantitative estimate of drug-likeness (QED) is 0.338. The molecule has 0 radical (unpaired) electrons. The smallest absolute Gasteiger partial charge is 0.331 e. The number of ketones is 1. The van der Waals surface area contributed by atoms with Crippen molar-refractivity contribution in [1.29, 1.82) is 0 Å². The van der Waals surface area contributed by atoms with E-state index in [1.54, 1.807) is 73.1 Å². The van der Waals surface area contributed by atoms with E-state index in [4.69, 9.17) is 14.2 Å². The molecule has 0 bridgehead atoms. The first-order valence-electron chi connectivity index (χ1n) is 10.3. The molecule has 0 saturated heterocycles. The minimum absolute atomic E-state index is 0.170. The summed E-state index contributed by atoms with van der Waals surface area (Å²) in [7, 11) is 0. The number of ether oxygens (including phenoxy) is 3. The molecule has 2 aromatic carbocycles. The van der Waals surface area contributed by atoms with E-state index in [1.165, 1.54) is 6.08 Å². The number of nitrogens with zero attached hydrogens (tertiary/aromatic N) is 1. The maximum atomic E-state index is 12.6. The molecule has 2 heterocycles. The molecule has 0 atom stereocenters. The maximum Gasteiger partial charge on any atom is 0.331 e. The van der Waals surface area contributed by atoms with Crippen molar-refractivity contribution in [2.45, 2.75) is 13.8 Å². The molecule has 1 N–H and O–H groups in total. The van der Waals surface area contributed by atoms with Crippen LogP contribution in [0.5, 0.6) is 11.5 Å². The first kappa shape index (κ1) is 21.9. The molecule has 0 saturated carbocycles. The Morgan fingerprint density at radius 2 is 1.79 bits per heavy atom. The van der Waals surface area contributed by atoms with Gasteiger partial charge in [0.1, 0.15) is 0 Å². The van der Waals surface area contributed by atoms with Gasteiger partial charge >= 0.3 is 5.97 Å². The van der Waals surface area contributed by atoms with Crippen molar-refractivity contribution >= 4 is 23.7 Å². The molecular weight excluding hydrogens is 424 g/mol. The zero-order valence-electron chi connectivity index (χ0n) is 18.2. The standard InChI is InChI=1S/C25H22N2O6/c1-16-12-20(17(2)27(16)26-25(30)19-6-4-3-5-7-19)21(28)14-31-24(29)11-9-18-8-10-22-23(13-18)33-15-32-22/h3-13H,14-15H2,1-2H3,(H,26,30)/b11-9+. The lowest BCUT2D eigenvalue weighted by Gasteiger charge is -2.11. The second kappa shape index (κ2) is 9.44. The molecule has 8 heteroatoms. The van der Waals surface area contributed by atoms with Crippen molar-refractivity contribution < 1.29 is 28.6 Å². The van der Waals surface area contributed by atoms with Crippen LogP contribution in [0.2, 0.25) is 0 Å². The molecule has 1 amide bonds. The minimum Gasteiger partial charge on any atom is -0.454 e. The molecule has 168 valence electrons. The Hall–Kier alpha value is -4.33. The lowest BCUT2D eigenvalue weighted by Crippen LogP contribution is -2.25. The molecule has 4 rings (SSSR count). The van der Waals surface area contributed by atoms with E-state index in [9.17, 15) is 14.4 Å². The number of aromatic nitrogens is 1. The summed E-state index contributed by atoms with van der Waals surface area (Å²) in [6.45, 7) is 3.24. The van der Waals surface area contributed by atoms with Crippen LogP contribution in [-0.2, 0) is 9.53 Å². The summed E-state index contributed by atoms with van der Waals surface area (Å²) in [6.07, 6.45) is 2.81. The number of esters is 1. The fourth-order valence-corrected chi connectivity index (χ4v) is 3.42. The number of amides is 1. The van der Waals surface area contributed by atoms with Gasteiger partial charge < -0.3 is 14.2 Å². The van der Waals surface area contributed by atoms with Gasteiger partial charge in [-0.1, -0.05) is 24.3 Å². The normalized spacial score (nSPS) is 12.1. The average molecular weight is 446 g/mol. The number of hydrogen-bond acceptors (Lipinski definition) is 6. The summed E-state index contributed by atoms with van der Waals surface area (Å²) in [5.41, 5.74) is 5.61. The van der Waals surface area contributed by atoms with E-state index >= 15 is 0 Å². The molecule has 3 aromatic rings. The highest BCUT2D eigenvalue weighted by Crippen LogP contribution is 2.32. The van der Waals surface area contributed by atoms with Crippen molar-refractivity contribution in [1.82, 2.24) is 4.68 Å². The minimum atomic E-state index is -0.646. The van der Waals surface area contributed by atoms with Crippen LogP contribution in [0.4, 0.5) is 0 Å². The largest absolute Gasteiger partial charge is 0.454 e. The molecule has 0 aliphatic carbocycles.